The highest BCUT2D eigenvalue weighted by molar-refractivity contribution is 6.43. The number of rotatable bonds is 3. The van der Waals surface area contributed by atoms with Gasteiger partial charge in [0.2, 0.25) is 0 Å². The Kier molecular flexibility index (Phi) is 4.73. The molecular weight excluding hydrogens is 282 g/mol. The summed E-state index contributed by atoms with van der Waals surface area (Å²) in [6.07, 6.45) is 0. The van der Waals surface area contributed by atoms with Gasteiger partial charge in [-0.3, -0.25) is 9.59 Å². The number of anilines is 2. The molecule has 0 aliphatic rings. The molecule has 0 unspecified atom stereocenters. The van der Waals surface area contributed by atoms with E-state index >= 15 is 0 Å². The minimum absolute atomic E-state index is 0.379. The van der Waals surface area contributed by atoms with E-state index in [0.717, 1.165) is 0 Å². The molecule has 0 aliphatic heterocycles. The van der Waals surface area contributed by atoms with E-state index in [1.54, 1.807) is 42.5 Å². The third-order valence-electron chi connectivity index (χ3n) is 2.78. The fourth-order valence-electron chi connectivity index (χ4n) is 1.74. The summed E-state index contributed by atoms with van der Waals surface area (Å²) in [6, 6.07) is 14.9. The van der Waals surface area contributed by atoms with Gasteiger partial charge in [0.05, 0.1) is 18.7 Å². The number of nitrogens with zero attached hydrogens (tertiary/aromatic N) is 1. The molecule has 22 heavy (non-hydrogen) atoms. The standard InChI is InChI=1S/C16H13N3O3/c1-22-14-7-3-6-13(9-14)19-16(21)15(20)18-12-5-2-4-11(8-12)10-17/h2-9H,1H3,(H,18,20)(H,19,21). The van der Waals surface area contributed by atoms with Crippen molar-refractivity contribution in [3.8, 4) is 11.8 Å². The third-order valence-corrected chi connectivity index (χ3v) is 2.78. The average Bonchev–Trinajstić information content (AvgIpc) is 2.55. The van der Waals surface area contributed by atoms with Gasteiger partial charge in [-0.1, -0.05) is 12.1 Å². The second-order valence-electron chi connectivity index (χ2n) is 4.33. The zero-order valence-electron chi connectivity index (χ0n) is 11.8. The van der Waals surface area contributed by atoms with Crippen LogP contribution in [-0.4, -0.2) is 18.9 Å². The van der Waals surface area contributed by atoms with Crippen LogP contribution >= 0.6 is 0 Å². The maximum absolute atomic E-state index is 11.8. The lowest BCUT2D eigenvalue weighted by molar-refractivity contribution is -0.132. The molecule has 2 amide bonds. The Labute approximate surface area is 127 Å². The molecule has 0 fully saturated rings. The average molecular weight is 295 g/mol. The smallest absolute Gasteiger partial charge is 0.314 e. The number of methoxy groups -OCH3 is 1. The number of hydrogen-bond acceptors (Lipinski definition) is 4. The van der Waals surface area contributed by atoms with Crippen molar-refractivity contribution in [3.05, 3.63) is 54.1 Å². The van der Waals surface area contributed by atoms with Crippen LogP contribution < -0.4 is 15.4 Å². The van der Waals surface area contributed by atoms with Crippen LogP contribution in [0.2, 0.25) is 0 Å². The maximum Gasteiger partial charge on any atom is 0.314 e. The largest absolute Gasteiger partial charge is 0.497 e. The lowest BCUT2D eigenvalue weighted by Crippen LogP contribution is -2.29. The van der Waals surface area contributed by atoms with E-state index in [4.69, 9.17) is 10.00 Å². The molecule has 0 heterocycles. The number of ether oxygens (including phenoxy) is 1. The van der Waals surface area contributed by atoms with Crippen molar-refractivity contribution in [1.82, 2.24) is 0 Å². The third kappa shape index (κ3) is 3.84. The Balaban J connectivity index is 2.02. The second kappa shape index (κ2) is 6.90. The van der Waals surface area contributed by atoms with Crippen LogP contribution in [0.25, 0.3) is 0 Å². The summed E-state index contributed by atoms with van der Waals surface area (Å²) in [7, 11) is 1.51. The highest BCUT2D eigenvalue weighted by Gasteiger charge is 2.14. The van der Waals surface area contributed by atoms with Gasteiger partial charge in [0, 0.05) is 17.4 Å². The highest BCUT2D eigenvalue weighted by atomic mass is 16.5. The molecule has 6 heteroatoms. The molecule has 2 N–H and O–H groups in total. The quantitative estimate of drug-likeness (QED) is 0.849. The number of hydrogen-bond donors (Lipinski definition) is 2. The van der Waals surface area contributed by atoms with Gasteiger partial charge in [-0.25, -0.2) is 0 Å². The predicted octanol–water partition coefficient (Wildman–Crippen LogP) is 2.14. The summed E-state index contributed by atoms with van der Waals surface area (Å²) in [4.78, 5) is 23.7. The Morgan fingerprint density at radius 3 is 2.18 bits per heavy atom. The van der Waals surface area contributed by atoms with Gasteiger partial charge in [0.15, 0.2) is 0 Å². The zero-order chi connectivity index (χ0) is 15.9. The van der Waals surface area contributed by atoms with Gasteiger partial charge in [-0.05, 0) is 30.3 Å². The van der Waals surface area contributed by atoms with E-state index in [1.165, 1.54) is 13.2 Å². The van der Waals surface area contributed by atoms with Crippen molar-refractivity contribution >= 4 is 23.2 Å². The van der Waals surface area contributed by atoms with Crippen molar-refractivity contribution in [2.75, 3.05) is 17.7 Å². The molecule has 0 atom stereocenters. The van der Waals surface area contributed by atoms with Crippen LogP contribution in [0.5, 0.6) is 5.75 Å². The Hall–Kier alpha value is -3.33. The first-order valence-corrected chi connectivity index (χ1v) is 6.39. The van der Waals surface area contributed by atoms with Crippen molar-refractivity contribution in [3.63, 3.8) is 0 Å². The lowest BCUT2D eigenvalue weighted by atomic mass is 10.2. The number of amides is 2. The molecule has 0 spiro atoms. The van der Waals surface area contributed by atoms with E-state index in [-0.39, 0.29) is 0 Å². The van der Waals surface area contributed by atoms with Gasteiger partial charge in [-0.15, -0.1) is 0 Å². The second-order valence-corrected chi connectivity index (χ2v) is 4.33. The van der Waals surface area contributed by atoms with E-state index in [2.05, 4.69) is 10.6 Å². The van der Waals surface area contributed by atoms with Gasteiger partial charge in [-0.2, -0.15) is 5.26 Å². The summed E-state index contributed by atoms with van der Waals surface area (Å²) in [5.41, 5.74) is 1.22. The molecule has 0 radical (unpaired) electrons. The zero-order valence-corrected chi connectivity index (χ0v) is 11.8. The monoisotopic (exact) mass is 295 g/mol. The first-order chi connectivity index (χ1) is 10.6. The van der Waals surface area contributed by atoms with Crippen LogP contribution in [0.4, 0.5) is 11.4 Å². The highest BCUT2D eigenvalue weighted by Crippen LogP contribution is 2.16. The van der Waals surface area contributed by atoms with Gasteiger partial charge >= 0.3 is 11.8 Å². The Bertz CT molecular complexity index is 750. The maximum atomic E-state index is 11.8. The Morgan fingerprint density at radius 2 is 1.59 bits per heavy atom. The van der Waals surface area contributed by atoms with Crippen molar-refractivity contribution in [1.29, 1.82) is 5.26 Å². The molecule has 0 saturated heterocycles. The number of benzene rings is 2. The molecule has 0 aliphatic carbocycles. The molecule has 0 aromatic heterocycles. The van der Waals surface area contributed by atoms with E-state index in [0.29, 0.717) is 22.7 Å². The summed E-state index contributed by atoms with van der Waals surface area (Å²) in [5.74, 6) is -1.06. The van der Waals surface area contributed by atoms with E-state index in [9.17, 15) is 9.59 Å². The lowest BCUT2D eigenvalue weighted by Gasteiger charge is -2.08. The van der Waals surface area contributed by atoms with Crippen LogP contribution in [0.15, 0.2) is 48.5 Å². The summed E-state index contributed by atoms with van der Waals surface area (Å²) in [6.45, 7) is 0. The number of nitriles is 1. The number of carbonyl (C=O) groups excluding carboxylic acids is 2. The molecule has 2 rings (SSSR count). The van der Waals surface area contributed by atoms with Gasteiger partial charge in [0.1, 0.15) is 5.75 Å². The minimum Gasteiger partial charge on any atom is -0.497 e. The fraction of sp³-hybridized carbons (Fsp3) is 0.0625. The summed E-state index contributed by atoms with van der Waals surface area (Å²) >= 11 is 0. The van der Waals surface area contributed by atoms with Crippen LogP contribution in [0.3, 0.4) is 0 Å². The topological polar surface area (TPSA) is 91.2 Å². The minimum atomic E-state index is -0.821. The molecule has 0 bridgehead atoms. The molecule has 6 nitrogen and oxygen atoms in total. The molecular formula is C16H13N3O3. The first-order valence-electron chi connectivity index (χ1n) is 6.39. The van der Waals surface area contributed by atoms with Crippen molar-refractivity contribution < 1.29 is 14.3 Å². The van der Waals surface area contributed by atoms with Crippen LogP contribution in [0, 0.1) is 11.3 Å². The van der Waals surface area contributed by atoms with E-state index in [1.807, 2.05) is 6.07 Å². The van der Waals surface area contributed by atoms with E-state index < -0.39 is 11.8 Å². The van der Waals surface area contributed by atoms with Crippen molar-refractivity contribution in [2.45, 2.75) is 0 Å². The predicted molar refractivity (Wildman–Crippen MR) is 81.4 cm³/mol. The molecule has 2 aromatic rings. The molecule has 110 valence electrons. The van der Waals surface area contributed by atoms with Crippen LogP contribution in [-0.2, 0) is 9.59 Å². The number of carbonyl (C=O) groups is 2. The SMILES string of the molecule is COc1cccc(NC(=O)C(=O)Nc2cccc(C#N)c2)c1. The summed E-state index contributed by atoms with van der Waals surface area (Å²) in [5, 5.41) is 13.7. The van der Waals surface area contributed by atoms with Gasteiger partial charge in [0.25, 0.3) is 0 Å². The molecule has 2 aromatic carbocycles. The fourth-order valence-corrected chi connectivity index (χ4v) is 1.74. The molecule has 0 saturated carbocycles. The number of nitrogens with one attached hydrogen (secondary N) is 2. The van der Waals surface area contributed by atoms with Gasteiger partial charge < -0.3 is 15.4 Å². The van der Waals surface area contributed by atoms with Crippen LogP contribution in [0.1, 0.15) is 5.56 Å². The summed E-state index contributed by atoms with van der Waals surface area (Å²) < 4.78 is 5.04. The normalized spacial score (nSPS) is 9.45. The van der Waals surface area contributed by atoms with Crippen molar-refractivity contribution in [2.24, 2.45) is 0 Å². The Morgan fingerprint density at radius 1 is 1.00 bits per heavy atom. The first kappa shape index (κ1) is 15.1.